The summed E-state index contributed by atoms with van der Waals surface area (Å²) in [5, 5.41) is 0. The quantitative estimate of drug-likeness (QED) is 0.624. The summed E-state index contributed by atoms with van der Waals surface area (Å²) < 4.78 is 40.6. The Morgan fingerprint density at radius 1 is 1.16 bits per heavy atom. The molecule has 0 heterocycles. The predicted molar refractivity (Wildman–Crippen MR) is 80.8 cm³/mol. The van der Waals surface area contributed by atoms with Crippen LogP contribution in [-0.4, -0.2) is 8.42 Å². The summed E-state index contributed by atoms with van der Waals surface area (Å²) >= 11 is 2.06. The van der Waals surface area contributed by atoms with Crippen molar-refractivity contribution in [2.24, 2.45) is 0 Å². The molecule has 0 bridgehead atoms. The molecule has 0 spiro atoms. The van der Waals surface area contributed by atoms with Crippen LogP contribution in [0.1, 0.15) is 0 Å². The standard InChI is InChI=1S/C12H10FIN2O2S/c13-8-4-5-11(15)12(6-8)19(17,18)16-10-3-1-2-9(14)7-10/h1-7,16H,15H2. The molecule has 0 atom stereocenters. The number of nitrogens with one attached hydrogen (secondary N) is 1. The van der Waals surface area contributed by atoms with Gasteiger partial charge >= 0.3 is 0 Å². The fraction of sp³-hybridized carbons (Fsp3) is 0. The van der Waals surface area contributed by atoms with Gasteiger partial charge in [0.2, 0.25) is 0 Å². The maximum Gasteiger partial charge on any atom is 0.264 e. The third kappa shape index (κ3) is 3.35. The van der Waals surface area contributed by atoms with Crippen molar-refractivity contribution in [2.75, 3.05) is 10.5 Å². The first-order chi connectivity index (χ1) is 8.88. The van der Waals surface area contributed by atoms with Gasteiger partial charge in [0.15, 0.2) is 0 Å². The van der Waals surface area contributed by atoms with Crippen molar-refractivity contribution in [3.8, 4) is 0 Å². The second-order valence-electron chi connectivity index (χ2n) is 3.80. The van der Waals surface area contributed by atoms with Crippen molar-refractivity contribution >= 4 is 44.0 Å². The lowest BCUT2D eigenvalue weighted by molar-refractivity contribution is 0.596. The summed E-state index contributed by atoms with van der Waals surface area (Å²) in [6, 6.07) is 10.0. The van der Waals surface area contributed by atoms with E-state index < -0.39 is 15.8 Å². The number of rotatable bonds is 3. The lowest BCUT2D eigenvalue weighted by atomic mass is 10.3. The Bertz CT molecular complexity index is 719. The van der Waals surface area contributed by atoms with E-state index in [1.54, 1.807) is 18.2 Å². The molecule has 100 valence electrons. The molecule has 2 rings (SSSR count). The van der Waals surface area contributed by atoms with Crippen LogP contribution in [0.4, 0.5) is 15.8 Å². The maximum atomic E-state index is 13.1. The summed E-state index contributed by atoms with van der Waals surface area (Å²) in [5.41, 5.74) is 5.97. The highest BCUT2D eigenvalue weighted by atomic mass is 127. The van der Waals surface area contributed by atoms with Gasteiger partial charge in [-0.15, -0.1) is 0 Å². The second kappa shape index (κ2) is 5.33. The van der Waals surface area contributed by atoms with Crippen LogP contribution in [0.25, 0.3) is 0 Å². The zero-order valence-electron chi connectivity index (χ0n) is 9.60. The fourth-order valence-corrected chi connectivity index (χ4v) is 3.24. The molecule has 0 aliphatic heterocycles. The molecule has 0 saturated carbocycles. The Morgan fingerprint density at radius 2 is 1.89 bits per heavy atom. The van der Waals surface area contributed by atoms with Crippen molar-refractivity contribution in [3.63, 3.8) is 0 Å². The maximum absolute atomic E-state index is 13.1. The van der Waals surface area contributed by atoms with E-state index in [2.05, 4.69) is 27.3 Å². The van der Waals surface area contributed by atoms with E-state index in [0.29, 0.717) is 5.69 Å². The molecule has 0 fully saturated rings. The first kappa shape index (κ1) is 14.1. The highest BCUT2D eigenvalue weighted by Crippen LogP contribution is 2.23. The summed E-state index contributed by atoms with van der Waals surface area (Å²) in [4.78, 5) is -0.272. The number of nitrogens with two attached hydrogens (primary N) is 1. The molecule has 0 saturated heterocycles. The zero-order valence-corrected chi connectivity index (χ0v) is 12.6. The Morgan fingerprint density at radius 3 is 2.58 bits per heavy atom. The summed E-state index contributed by atoms with van der Waals surface area (Å²) in [7, 11) is -3.90. The first-order valence-electron chi connectivity index (χ1n) is 5.22. The monoisotopic (exact) mass is 392 g/mol. The minimum Gasteiger partial charge on any atom is -0.398 e. The lowest BCUT2D eigenvalue weighted by Crippen LogP contribution is -2.15. The van der Waals surface area contributed by atoms with Gasteiger partial charge in [0, 0.05) is 9.26 Å². The number of nitrogen functional groups attached to an aromatic ring is 1. The van der Waals surface area contributed by atoms with Crippen LogP contribution in [0.5, 0.6) is 0 Å². The smallest absolute Gasteiger partial charge is 0.264 e. The van der Waals surface area contributed by atoms with Gasteiger partial charge in [-0.3, -0.25) is 4.72 Å². The average Bonchev–Trinajstić information content (AvgIpc) is 2.31. The average molecular weight is 392 g/mol. The van der Waals surface area contributed by atoms with Crippen LogP contribution >= 0.6 is 22.6 Å². The van der Waals surface area contributed by atoms with E-state index in [4.69, 9.17) is 5.73 Å². The van der Waals surface area contributed by atoms with Crippen LogP contribution in [0.3, 0.4) is 0 Å². The molecule has 0 aliphatic rings. The van der Waals surface area contributed by atoms with Gasteiger partial charge < -0.3 is 5.73 Å². The van der Waals surface area contributed by atoms with E-state index in [9.17, 15) is 12.8 Å². The molecule has 3 N–H and O–H groups in total. The van der Waals surface area contributed by atoms with Crippen LogP contribution in [0, 0.1) is 9.39 Å². The van der Waals surface area contributed by atoms with Gasteiger partial charge in [-0.05, 0) is 59.0 Å². The van der Waals surface area contributed by atoms with Crippen LogP contribution in [0.15, 0.2) is 47.4 Å². The normalized spacial score (nSPS) is 11.3. The highest BCUT2D eigenvalue weighted by Gasteiger charge is 2.18. The Hall–Kier alpha value is -1.35. The SMILES string of the molecule is Nc1ccc(F)cc1S(=O)(=O)Nc1cccc(I)c1. The summed E-state index contributed by atoms with van der Waals surface area (Å²) in [6.45, 7) is 0. The molecular formula is C12H10FIN2O2S. The van der Waals surface area contributed by atoms with Gasteiger partial charge in [0.1, 0.15) is 10.7 Å². The number of halogens is 2. The van der Waals surface area contributed by atoms with E-state index in [0.717, 1.165) is 15.7 Å². The van der Waals surface area contributed by atoms with Crippen molar-refractivity contribution in [2.45, 2.75) is 4.90 Å². The summed E-state index contributed by atoms with van der Waals surface area (Å²) in [6.07, 6.45) is 0. The largest absolute Gasteiger partial charge is 0.398 e. The number of hydrogen-bond donors (Lipinski definition) is 2. The fourth-order valence-electron chi connectivity index (χ4n) is 1.50. The molecule has 7 heteroatoms. The van der Waals surface area contributed by atoms with Crippen molar-refractivity contribution in [1.29, 1.82) is 0 Å². The first-order valence-corrected chi connectivity index (χ1v) is 7.78. The second-order valence-corrected chi connectivity index (χ2v) is 6.69. The number of hydrogen-bond acceptors (Lipinski definition) is 3. The molecule has 2 aromatic rings. The molecule has 0 amide bonds. The molecule has 4 nitrogen and oxygen atoms in total. The molecule has 0 aliphatic carbocycles. The van der Waals surface area contributed by atoms with Crippen LogP contribution in [-0.2, 0) is 10.0 Å². The Kier molecular flexibility index (Phi) is 3.95. The van der Waals surface area contributed by atoms with Crippen LogP contribution < -0.4 is 10.5 Å². The van der Waals surface area contributed by atoms with Crippen molar-refractivity contribution < 1.29 is 12.8 Å². The number of anilines is 2. The van der Waals surface area contributed by atoms with E-state index in [1.165, 1.54) is 6.07 Å². The molecule has 0 aromatic heterocycles. The highest BCUT2D eigenvalue weighted by molar-refractivity contribution is 14.1. The molecular weight excluding hydrogens is 382 g/mol. The van der Waals surface area contributed by atoms with Crippen molar-refractivity contribution in [1.82, 2.24) is 0 Å². The predicted octanol–water partition coefficient (Wildman–Crippen LogP) is 2.81. The minimum atomic E-state index is -3.90. The molecule has 19 heavy (non-hydrogen) atoms. The van der Waals surface area contributed by atoms with Crippen molar-refractivity contribution in [3.05, 3.63) is 51.9 Å². The topological polar surface area (TPSA) is 72.2 Å². The zero-order chi connectivity index (χ0) is 14.0. The van der Waals surface area contributed by atoms with E-state index in [-0.39, 0.29) is 10.6 Å². The minimum absolute atomic E-state index is 0.000437. The number of benzene rings is 2. The lowest BCUT2D eigenvalue weighted by Gasteiger charge is -2.10. The third-order valence-electron chi connectivity index (χ3n) is 2.34. The molecule has 0 unspecified atom stereocenters. The summed E-state index contributed by atoms with van der Waals surface area (Å²) in [5.74, 6) is -0.655. The van der Waals surface area contributed by atoms with Gasteiger partial charge in [-0.1, -0.05) is 6.07 Å². The van der Waals surface area contributed by atoms with E-state index in [1.807, 2.05) is 6.07 Å². The Labute approximate surface area is 124 Å². The van der Waals surface area contributed by atoms with Gasteiger partial charge in [-0.25, -0.2) is 12.8 Å². The number of sulfonamides is 1. The van der Waals surface area contributed by atoms with Crippen LogP contribution in [0.2, 0.25) is 0 Å². The molecule has 2 aromatic carbocycles. The van der Waals surface area contributed by atoms with Gasteiger partial charge in [0.05, 0.1) is 5.69 Å². The third-order valence-corrected chi connectivity index (χ3v) is 4.45. The van der Waals surface area contributed by atoms with Gasteiger partial charge in [0.25, 0.3) is 10.0 Å². The van der Waals surface area contributed by atoms with E-state index >= 15 is 0 Å². The Balaban J connectivity index is 2.40. The van der Waals surface area contributed by atoms with Gasteiger partial charge in [-0.2, -0.15) is 0 Å². The molecule has 0 radical (unpaired) electrons.